The second-order valence-electron chi connectivity index (χ2n) is 14.0. The smallest absolute Gasteiger partial charge is 0.330 e. The Kier molecular flexibility index (Phi) is 14.1. The van der Waals surface area contributed by atoms with Gasteiger partial charge in [-0.1, -0.05) is 126 Å². The first-order chi connectivity index (χ1) is 23.6. The molecule has 8 heteroatoms. The van der Waals surface area contributed by atoms with Crippen molar-refractivity contribution in [2.75, 3.05) is 14.2 Å². The van der Waals surface area contributed by atoms with Crippen LogP contribution in [0, 0.1) is 10.8 Å². The highest BCUT2D eigenvalue weighted by Gasteiger charge is 2.27. The van der Waals surface area contributed by atoms with E-state index in [1.165, 1.54) is 14.2 Å². The SMILES string of the molecule is COC(=O)[C@H](Cc1ccc(O)cc1)N=C(c1ccccc1)C(C)(C)C.COC(=O)[C@H](Cc1ccc(O)cc1)N=C(c1ccccc1)C(C)(C)C. The maximum Gasteiger partial charge on any atom is 0.330 e. The van der Waals surface area contributed by atoms with Crippen LogP contribution in [0.4, 0.5) is 0 Å². The normalized spacial score (nSPS) is 13.4. The molecule has 4 rings (SSSR count). The number of nitrogens with zero attached hydrogens (tertiary/aromatic N) is 2. The van der Waals surface area contributed by atoms with E-state index in [1.807, 2.05) is 60.7 Å². The first kappa shape index (κ1) is 39.2. The predicted octanol–water partition coefficient (Wildman–Crippen LogP) is 8.02. The summed E-state index contributed by atoms with van der Waals surface area (Å²) >= 11 is 0. The van der Waals surface area contributed by atoms with Gasteiger partial charge in [0, 0.05) is 35.1 Å². The van der Waals surface area contributed by atoms with Crippen LogP contribution >= 0.6 is 0 Å². The van der Waals surface area contributed by atoms with Gasteiger partial charge in [0.1, 0.15) is 11.5 Å². The molecule has 0 bridgehead atoms. The standard InChI is InChI=1S/2C21H25NO3/c2*1-21(2,3)19(16-8-6-5-7-9-16)22-18(20(24)25-4)14-15-10-12-17(23)13-11-15/h2*5-13,18,23H,14H2,1-4H3/t2*18-/m00/s1. The van der Waals surface area contributed by atoms with Gasteiger partial charge in [-0.25, -0.2) is 9.59 Å². The van der Waals surface area contributed by atoms with Crippen molar-refractivity contribution in [3.05, 3.63) is 131 Å². The van der Waals surface area contributed by atoms with Crippen molar-refractivity contribution in [3.63, 3.8) is 0 Å². The second kappa shape index (κ2) is 18.0. The third-order valence-electron chi connectivity index (χ3n) is 7.76. The van der Waals surface area contributed by atoms with Crippen molar-refractivity contribution >= 4 is 23.4 Å². The number of hydrogen-bond acceptors (Lipinski definition) is 8. The summed E-state index contributed by atoms with van der Waals surface area (Å²) < 4.78 is 9.92. The van der Waals surface area contributed by atoms with Crippen LogP contribution in [-0.4, -0.2) is 59.9 Å². The second-order valence-corrected chi connectivity index (χ2v) is 14.0. The number of hydrogen-bond donors (Lipinski definition) is 2. The molecule has 0 saturated carbocycles. The summed E-state index contributed by atoms with van der Waals surface area (Å²) in [5.41, 5.74) is 5.11. The number of aliphatic imine (C=N–C) groups is 2. The number of phenols is 2. The Hall–Kier alpha value is -5.24. The molecule has 0 aliphatic carbocycles. The molecule has 4 aromatic rings. The number of benzene rings is 4. The maximum absolute atomic E-state index is 12.3. The average molecular weight is 679 g/mol. The molecule has 0 aliphatic rings. The summed E-state index contributed by atoms with van der Waals surface area (Å²) in [6, 6.07) is 32.1. The first-order valence-electron chi connectivity index (χ1n) is 16.6. The van der Waals surface area contributed by atoms with E-state index in [0.29, 0.717) is 12.8 Å². The van der Waals surface area contributed by atoms with Crippen LogP contribution in [0.15, 0.2) is 119 Å². The lowest BCUT2D eigenvalue weighted by Gasteiger charge is -2.24. The quantitative estimate of drug-likeness (QED) is 0.130. The maximum atomic E-state index is 12.3. The largest absolute Gasteiger partial charge is 0.508 e. The topological polar surface area (TPSA) is 118 Å². The molecule has 264 valence electrons. The third kappa shape index (κ3) is 12.0. The monoisotopic (exact) mass is 678 g/mol. The zero-order valence-corrected chi connectivity index (χ0v) is 30.4. The van der Waals surface area contributed by atoms with E-state index in [1.54, 1.807) is 48.5 Å². The minimum absolute atomic E-state index is 0.196. The van der Waals surface area contributed by atoms with Crippen LogP contribution < -0.4 is 0 Å². The summed E-state index contributed by atoms with van der Waals surface area (Å²) in [7, 11) is 2.75. The summed E-state index contributed by atoms with van der Waals surface area (Å²) in [5, 5.41) is 18.9. The number of aromatic hydroxyl groups is 2. The summed E-state index contributed by atoms with van der Waals surface area (Å²) in [6.07, 6.45) is 0.832. The molecule has 50 heavy (non-hydrogen) atoms. The van der Waals surface area contributed by atoms with E-state index in [0.717, 1.165) is 33.7 Å². The van der Waals surface area contributed by atoms with Gasteiger partial charge in [0.2, 0.25) is 0 Å². The van der Waals surface area contributed by atoms with Crippen LogP contribution in [0.1, 0.15) is 63.8 Å². The molecule has 0 unspecified atom stereocenters. The molecule has 4 aromatic carbocycles. The number of phenolic OH excluding ortho intramolecular Hbond substituents is 2. The van der Waals surface area contributed by atoms with Gasteiger partial charge in [0.15, 0.2) is 12.1 Å². The molecule has 0 aromatic heterocycles. The summed E-state index contributed by atoms with van der Waals surface area (Å²) in [5.74, 6) is -0.348. The van der Waals surface area contributed by atoms with E-state index in [9.17, 15) is 19.8 Å². The molecular weight excluding hydrogens is 628 g/mol. The number of carbonyl (C=O) groups is 2. The lowest BCUT2D eigenvalue weighted by Crippen LogP contribution is -2.29. The van der Waals surface area contributed by atoms with E-state index < -0.39 is 12.1 Å². The molecule has 2 atom stereocenters. The number of esters is 2. The van der Waals surface area contributed by atoms with Gasteiger partial charge in [-0.05, 0) is 46.5 Å². The summed E-state index contributed by atoms with van der Waals surface area (Å²) in [4.78, 5) is 34.2. The highest BCUT2D eigenvalue weighted by atomic mass is 16.5. The van der Waals surface area contributed by atoms with Crippen molar-refractivity contribution in [1.82, 2.24) is 0 Å². The Morgan fingerprint density at radius 3 is 1.10 bits per heavy atom. The number of methoxy groups -OCH3 is 2. The highest BCUT2D eigenvalue weighted by Crippen LogP contribution is 2.25. The third-order valence-corrected chi connectivity index (χ3v) is 7.76. The van der Waals surface area contributed by atoms with Crippen molar-refractivity contribution in [1.29, 1.82) is 0 Å². The fourth-order valence-electron chi connectivity index (χ4n) is 5.25. The Morgan fingerprint density at radius 2 is 0.840 bits per heavy atom. The molecule has 8 nitrogen and oxygen atoms in total. The number of rotatable bonds is 10. The van der Waals surface area contributed by atoms with Crippen molar-refractivity contribution in [2.45, 2.75) is 66.5 Å². The fourth-order valence-corrected chi connectivity index (χ4v) is 5.25. The van der Waals surface area contributed by atoms with Gasteiger partial charge >= 0.3 is 11.9 Å². The molecule has 0 saturated heterocycles. The molecule has 0 amide bonds. The van der Waals surface area contributed by atoms with Crippen LogP contribution in [0.3, 0.4) is 0 Å². The molecule has 0 heterocycles. The minimum atomic E-state index is -0.635. The van der Waals surface area contributed by atoms with Crippen molar-refractivity contribution in [3.8, 4) is 11.5 Å². The van der Waals surface area contributed by atoms with E-state index >= 15 is 0 Å². The lowest BCUT2D eigenvalue weighted by molar-refractivity contribution is -0.142. The van der Waals surface area contributed by atoms with E-state index in [2.05, 4.69) is 41.5 Å². The van der Waals surface area contributed by atoms with Crippen LogP contribution in [-0.2, 0) is 31.9 Å². The van der Waals surface area contributed by atoms with Crippen LogP contribution in [0.2, 0.25) is 0 Å². The molecule has 0 fully saturated rings. The Morgan fingerprint density at radius 1 is 0.540 bits per heavy atom. The zero-order chi connectivity index (χ0) is 36.9. The van der Waals surface area contributed by atoms with Crippen molar-refractivity contribution < 1.29 is 29.3 Å². The van der Waals surface area contributed by atoms with Gasteiger partial charge in [-0.15, -0.1) is 0 Å². The van der Waals surface area contributed by atoms with Gasteiger partial charge in [0.05, 0.1) is 14.2 Å². The Balaban J connectivity index is 0.000000270. The van der Waals surface area contributed by atoms with Crippen LogP contribution in [0.5, 0.6) is 11.5 Å². The predicted molar refractivity (Wildman–Crippen MR) is 200 cm³/mol. The zero-order valence-electron chi connectivity index (χ0n) is 30.4. The molecular formula is C42H50N2O6. The van der Waals surface area contributed by atoms with Gasteiger partial charge < -0.3 is 19.7 Å². The van der Waals surface area contributed by atoms with Crippen LogP contribution in [0.25, 0.3) is 0 Å². The van der Waals surface area contributed by atoms with Gasteiger partial charge in [-0.3, -0.25) is 9.98 Å². The minimum Gasteiger partial charge on any atom is -0.508 e. The fraction of sp³-hybridized carbons (Fsp3) is 0.333. The number of carbonyl (C=O) groups excluding carboxylic acids is 2. The van der Waals surface area contributed by atoms with Crippen molar-refractivity contribution in [2.24, 2.45) is 20.8 Å². The summed E-state index contributed by atoms with van der Waals surface area (Å²) in [6.45, 7) is 12.5. The molecule has 2 N–H and O–H groups in total. The molecule has 0 aliphatic heterocycles. The Labute approximate surface area is 296 Å². The van der Waals surface area contributed by atoms with Gasteiger partial charge in [0.25, 0.3) is 0 Å². The van der Waals surface area contributed by atoms with E-state index in [-0.39, 0.29) is 34.3 Å². The number of ether oxygens (including phenoxy) is 2. The molecule has 0 spiro atoms. The first-order valence-corrected chi connectivity index (χ1v) is 16.6. The van der Waals surface area contributed by atoms with E-state index in [4.69, 9.17) is 19.5 Å². The highest BCUT2D eigenvalue weighted by molar-refractivity contribution is 6.05. The Bertz CT molecular complexity index is 1590. The van der Waals surface area contributed by atoms with Gasteiger partial charge in [-0.2, -0.15) is 0 Å². The molecule has 0 radical (unpaired) electrons. The lowest BCUT2D eigenvalue weighted by atomic mass is 9.85. The average Bonchev–Trinajstić information content (AvgIpc) is 3.09.